The first-order chi connectivity index (χ1) is 7.88. The number of benzene rings is 1. The Morgan fingerprint density at radius 1 is 1.35 bits per heavy atom. The molecule has 1 heterocycles. The molecule has 2 rings (SSSR count). The average Bonchev–Trinajstić information content (AvgIpc) is 2.55. The highest BCUT2D eigenvalue weighted by atomic mass is 19.4. The standard InChI is InChI=1S/C12H13F3N2/c1-7(16)5-9-6-8-3-2-4-10(11(8)17-9)12(13,14)15/h2-4,6-7,17H,5,16H2,1H3. The van der Waals surface area contributed by atoms with Crippen LogP contribution in [-0.2, 0) is 12.6 Å². The predicted molar refractivity (Wildman–Crippen MR) is 60.7 cm³/mol. The van der Waals surface area contributed by atoms with Crippen molar-refractivity contribution in [3.63, 3.8) is 0 Å². The molecule has 0 aliphatic heterocycles. The van der Waals surface area contributed by atoms with Gasteiger partial charge in [-0.3, -0.25) is 0 Å². The third-order valence-electron chi connectivity index (χ3n) is 2.56. The van der Waals surface area contributed by atoms with Crippen molar-refractivity contribution in [3.8, 4) is 0 Å². The Bertz CT molecular complexity index is 526. The molecule has 0 bridgehead atoms. The summed E-state index contributed by atoms with van der Waals surface area (Å²) in [4.78, 5) is 2.80. The fraction of sp³-hybridized carbons (Fsp3) is 0.333. The number of aromatic amines is 1. The molecule has 0 aliphatic rings. The van der Waals surface area contributed by atoms with Crippen LogP contribution in [0, 0.1) is 0 Å². The van der Waals surface area contributed by atoms with E-state index in [1.807, 2.05) is 6.92 Å². The number of nitrogens with one attached hydrogen (secondary N) is 1. The van der Waals surface area contributed by atoms with Gasteiger partial charge in [0.1, 0.15) is 0 Å². The first-order valence-electron chi connectivity index (χ1n) is 5.31. The SMILES string of the molecule is CC(N)Cc1cc2cccc(C(F)(F)F)c2[nH]1. The number of H-pyrrole nitrogens is 1. The molecule has 0 amide bonds. The van der Waals surface area contributed by atoms with Gasteiger partial charge in [-0.25, -0.2) is 0 Å². The van der Waals surface area contributed by atoms with Crippen LogP contribution < -0.4 is 5.73 Å². The third-order valence-corrected chi connectivity index (χ3v) is 2.56. The van der Waals surface area contributed by atoms with Crippen LogP contribution in [0.15, 0.2) is 24.3 Å². The Morgan fingerprint density at radius 3 is 2.65 bits per heavy atom. The summed E-state index contributed by atoms with van der Waals surface area (Å²) in [6, 6.07) is 5.78. The molecule has 0 radical (unpaired) electrons. The molecule has 0 saturated carbocycles. The normalized spacial score (nSPS) is 14.2. The summed E-state index contributed by atoms with van der Waals surface area (Å²) < 4.78 is 38.2. The lowest BCUT2D eigenvalue weighted by molar-refractivity contribution is -0.136. The van der Waals surface area contributed by atoms with E-state index in [2.05, 4.69) is 4.98 Å². The maximum absolute atomic E-state index is 12.7. The molecule has 0 spiro atoms. The zero-order valence-electron chi connectivity index (χ0n) is 9.31. The summed E-state index contributed by atoms with van der Waals surface area (Å²) in [5.41, 5.74) is 5.86. The van der Waals surface area contributed by atoms with Crippen molar-refractivity contribution in [1.82, 2.24) is 4.98 Å². The number of hydrogen-bond acceptors (Lipinski definition) is 1. The van der Waals surface area contributed by atoms with Gasteiger partial charge in [0, 0.05) is 23.5 Å². The molecule has 5 heteroatoms. The monoisotopic (exact) mass is 242 g/mol. The van der Waals surface area contributed by atoms with E-state index < -0.39 is 11.7 Å². The van der Waals surface area contributed by atoms with Gasteiger partial charge in [0.15, 0.2) is 0 Å². The number of fused-ring (bicyclic) bond motifs is 1. The molecule has 1 aromatic carbocycles. The molecule has 2 aromatic rings. The second kappa shape index (κ2) is 4.07. The molecule has 17 heavy (non-hydrogen) atoms. The summed E-state index contributed by atoms with van der Waals surface area (Å²) in [7, 11) is 0. The molecular weight excluding hydrogens is 229 g/mol. The fourth-order valence-electron chi connectivity index (χ4n) is 1.91. The first-order valence-corrected chi connectivity index (χ1v) is 5.31. The molecule has 92 valence electrons. The molecule has 2 nitrogen and oxygen atoms in total. The van der Waals surface area contributed by atoms with Crippen LogP contribution in [0.3, 0.4) is 0 Å². The number of para-hydroxylation sites is 1. The van der Waals surface area contributed by atoms with Gasteiger partial charge in [0.05, 0.1) is 11.1 Å². The van der Waals surface area contributed by atoms with E-state index in [9.17, 15) is 13.2 Å². The van der Waals surface area contributed by atoms with Crippen LogP contribution in [0.4, 0.5) is 13.2 Å². The van der Waals surface area contributed by atoms with E-state index in [0.717, 1.165) is 11.8 Å². The van der Waals surface area contributed by atoms with Crippen molar-refractivity contribution in [1.29, 1.82) is 0 Å². The van der Waals surface area contributed by atoms with Crippen LogP contribution in [0.25, 0.3) is 10.9 Å². The van der Waals surface area contributed by atoms with Crippen LogP contribution in [0.5, 0.6) is 0 Å². The fourth-order valence-corrected chi connectivity index (χ4v) is 1.91. The zero-order valence-corrected chi connectivity index (χ0v) is 9.31. The highest BCUT2D eigenvalue weighted by Gasteiger charge is 2.33. The Labute approximate surface area is 96.6 Å². The number of nitrogens with two attached hydrogens (primary N) is 1. The van der Waals surface area contributed by atoms with Gasteiger partial charge in [-0.2, -0.15) is 13.2 Å². The van der Waals surface area contributed by atoms with Gasteiger partial charge in [0.25, 0.3) is 0 Å². The highest BCUT2D eigenvalue weighted by molar-refractivity contribution is 5.84. The summed E-state index contributed by atoms with van der Waals surface area (Å²) in [6.07, 6.45) is -3.80. The lowest BCUT2D eigenvalue weighted by Crippen LogP contribution is -2.17. The Morgan fingerprint density at radius 2 is 2.06 bits per heavy atom. The zero-order chi connectivity index (χ0) is 12.6. The Balaban J connectivity index is 2.53. The molecule has 1 aromatic heterocycles. The van der Waals surface area contributed by atoms with Crippen molar-refractivity contribution in [2.24, 2.45) is 5.73 Å². The molecular formula is C12H13F3N2. The molecule has 0 aliphatic carbocycles. The first kappa shape index (κ1) is 12.0. The Hall–Kier alpha value is -1.49. The average molecular weight is 242 g/mol. The van der Waals surface area contributed by atoms with Crippen molar-refractivity contribution in [2.45, 2.75) is 25.6 Å². The molecule has 3 N–H and O–H groups in total. The second-order valence-electron chi connectivity index (χ2n) is 4.24. The van der Waals surface area contributed by atoms with Gasteiger partial charge in [-0.1, -0.05) is 12.1 Å². The minimum absolute atomic E-state index is 0.0857. The molecule has 0 fully saturated rings. The van der Waals surface area contributed by atoms with Crippen LogP contribution in [0.2, 0.25) is 0 Å². The van der Waals surface area contributed by atoms with Crippen LogP contribution in [-0.4, -0.2) is 11.0 Å². The van der Waals surface area contributed by atoms with Crippen LogP contribution in [0.1, 0.15) is 18.2 Å². The number of halogens is 3. The van der Waals surface area contributed by atoms with Gasteiger partial charge < -0.3 is 10.7 Å². The van der Waals surface area contributed by atoms with Crippen molar-refractivity contribution < 1.29 is 13.2 Å². The van der Waals surface area contributed by atoms with E-state index >= 15 is 0 Å². The summed E-state index contributed by atoms with van der Waals surface area (Å²) in [6.45, 7) is 1.82. The molecule has 1 unspecified atom stereocenters. The smallest absolute Gasteiger partial charge is 0.358 e. The summed E-state index contributed by atoms with van der Waals surface area (Å²) in [5, 5.41) is 0.565. The number of aromatic nitrogens is 1. The largest absolute Gasteiger partial charge is 0.418 e. The molecule has 0 saturated heterocycles. The lowest BCUT2D eigenvalue weighted by atomic mass is 10.1. The minimum Gasteiger partial charge on any atom is -0.358 e. The number of alkyl halides is 3. The highest BCUT2D eigenvalue weighted by Crippen LogP contribution is 2.34. The topological polar surface area (TPSA) is 41.8 Å². The van der Waals surface area contributed by atoms with E-state index in [1.54, 1.807) is 12.1 Å². The quantitative estimate of drug-likeness (QED) is 0.834. The van der Waals surface area contributed by atoms with E-state index in [-0.39, 0.29) is 11.6 Å². The van der Waals surface area contributed by atoms with E-state index in [4.69, 9.17) is 5.73 Å². The summed E-state index contributed by atoms with van der Waals surface area (Å²) in [5.74, 6) is 0. The van der Waals surface area contributed by atoms with Gasteiger partial charge in [-0.05, 0) is 19.1 Å². The maximum Gasteiger partial charge on any atom is 0.418 e. The van der Waals surface area contributed by atoms with E-state index in [0.29, 0.717) is 11.8 Å². The van der Waals surface area contributed by atoms with Crippen molar-refractivity contribution >= 4 is 10.9 Å². The van der Waals surface area contributed by atoms with Crippen molar-refractivity contribution in [3.05, 3.63) is 35.5 Å². The van der Waals surface area contributed by atoms with Crippen molar-refractivity contribution in [2.75, 3.05) is 0 Å². The van der Waals surface area contributed by atoms with E-state index in [1.165, 1.54) is 6.07 Å². The van der Waals surface area contributed by atoms with Crippen LogP contribution >= 0.6 is 0 Å². The predicted octanol–water partition coefficient (Wildman–Crippen LogP) is 3.08. The Kier molecular flexibility index (Phi) is 2.87. The number of rotatable bonds is 2. The second-order valence-corrected chi connectivity index (χ2v) is 4.24. The third kappa shape index (κ3) is 2.44. The minimum atomic E-state index is -4.34. The summed E-state index contributed by atoms with van der Waals surface area (Å²) >= 11 is 0. The van der Waals surface area contributed by atoms with Gasteiger partial charge in [-0.15, -0.1) is 0 Å². The lowest BCUT2D eigenvalue weighted by Gasteiger charge is -2.07. The van der Waals surface area contributed by atoms with Gasteiger partial charge in [0.2, 0.25) is 0 Å². The van der Waals surface area contributed by atoms with Gasteiger partial charge >= 0.3 is 6.18 Å². The molecule has 1 atom stereocenters. The maximum atomic E-state index is 12.7. The number of hydrogen-bond donors (Lipinski definition) is 2.